The number of carbonyl (C=O) groups excluding carboxylic acids is 3. The van der Waals surface area contributed by atoms with Crippen LogP contribution < -0.4 is 15.4 Å². The predicted molar refractivity (Wildman–Crippen MR) is 127 cm³/mol. The number of carbonyl (C=O) groups is 3. The summed E-state index contributed by atoms with van der Waals surface area (Å²) in [7, 11) is 1.62. The van der Waals surface area contributed by atoms with Crippen molar-refractivity contribution >= 4 is 17.8 Å². The van der Waals surface area contributed by atoms with Gasteiger partial charge in [0.25, 0.3) is 5.91 Å². The van der Waals surface area contributed by atoms with Gasteiger partial charge < -0.3 is 20.1 Å². The summed E-state index contributed by atoms with van der Waals surface area (Å²) in [4.78, 5) is 39.6. The van der Waals surface area contributed by atoms with Crippen LogP contribution in [0, 0.1) is 6.92 Å². The molecule has 2 heterocycles. The number of hydrogen-bond donors (Lipinski definition) is 2. The monoisotopic (exact) mass is 465 g/mol. The van der Waals surface area contributed by atoms with Crippen LogP contribution in [0.15, 0.2) is 48.5 Å². The Labute approximate surface area is 199 Å². The predicted octanol–water partition coefficient (Wildman–Crippen LogP) is 2.64. The Hall–Kier alpha value is -3.39. The Morgan fingerprint density at radius 3 is 2.29 bits per heavy atom. The summed E-state index contributed by atoms with van der Waals surface area (Å²) >= 11 is 0. The molecule has 2 aromatic rings. The van der Waals surface area contributed by atoms with E-state index in [2.05, 4.69) is 10.6 Å². The van der Waals surface area contributed by atoms with Crippen molar-refractivity contribution in [3.63, 3.8) is 0 Å². The summed E-state index contributed by atoms with van der Waals surface area (Å²) in [5.41, 5.74) is 1.35. The average Bonchev–Trinajstić information content (AvgIpc) is 3.07. The molecule has 2 aliphatic heterocycles. The number of methoxy groups -OCH3 is 1. The molecule has 0 aromatic heterocycles. The van der Waals surface area contributed by atoms with E-state index in [1.807, 2.05) is 55.5 Å². The zero-order valence-electron chi connectivity index (χ0n) is 19.8. The molecule has 1 atom stereocenters. The molecule has 0 radical (unpaired) electrons. The molecule has 0 bridgehead atoms. The maximum atomic E-state index is 13.1. The number of rotatable bonds is 7. The quantitative estimate of drug-likeness (QED) is 0.613. The van der Waals surface area contributed by atoms with Gasteiger partial charge in [-0.3, -0.25) is 14.5 Å². The molecule has 2 fully saturated rings. The first-order chi connectivity index (χ1) is 16.3. The Kier molecular flexibility index (Phi) is 6.61. The minimum absolute atomic E-state index is 0.284. The summed E-state index contributed by atoms with van der Waals surface area (Å²) in [5, 5.41) is 5.71. The highest BCUT2D eigenvalue weighted by Gasteiger charge is 2.49. The van der Waals surface area contributed by atoms with E-state index in [1.165, 1.54) is 0 Å². The van der Waals surface area contributed by atoms with Crippen LogP contribution in [0.3, 0.4) is 0 Å². The van der Waals surface area contributed by atoms with Crippen LogP contribution >= 0.6 is 0 Å². The molecule has 2 saturated heterocycles. The summed E-state index contributed by atoms with van der Waals surface area (Å²) in [6.45, 7) is 4.88. The van der Waals surface area contributed by atoms with Gasteiger partial charge in [0, 0.05) is 25.2 Å². The van der Waals surface area contributed by atoms with Crippen LogP contribution in [0.25, 0.3) is 0 Å². The maximum Gasteiger partial charge on any atom is 0.325 e. The minimum atomic E-state index is -1.20. The van der Waals surface area contributed by atoms with Crippen molar-refractivity contribution in [2.24, 2.45) is 0 Å². The van der Waals surface area contributed by atoms with Crippen LogP contribution in [-0.4, -0.2) is 56.2 Å². The van der Waals surface area contributed by atoms with Crippen molar-refractivity contribution in [3.05, 3.63) is 65.2 Å². The van der Waals surface area contributed by atoms with Crippen molar-refractivity contribution in [1.29, 1.82) is 0 Å². The third-order valence-corrected chi connectivity index (χ3v) is 6.98. The maximum absolute atomic E-state index is 13.1. The van der Waals surface area contributed by atoms with Crippen LogP contribution in [0.1, 0.15) is 36.5 Å². The smallest absolute Gasteiger partial charge is 0.325 e. The molecule has 8 heteroatoms. The van der Waals surface area contributed by atoms with Crippen molar-refractivity contribution in [2.45, 2.75) is 37.6 Å². The molecular formula is C26H31N3O5. The van der Waals surface area contributed by atoms with Crippen LogP contribution in [0.4, 0.5) is 4.79 Å². The second-order valence-electron chi connectivity index (χ2n) is 9.21. The third kappa shape index (κ3) is 4.50. The highest BCUT2D eigenvalue weighted by atomic mass is 16.5. The number of aryl methyl sites for hydroxylation is 1. The van der Waals surface area contributed by atoms with Crippen molar-refractivity contribution < 1.29 is 23.9 Å². The standard InChI is InChI=1S/C26H31N3O5/c1-18-4-6-19(7-5-18)25(2)23(31)29(24(32)28-25)16-22(30)27-17-26(12-14-34-15-13-26)20-8-10-21(33-3)11-9-20/h4-11H,12-17H2,1-3H3,(H,27,30)(H,28,32). The Morgan fingerprint density at radius 1 is 1.06 bits per heavy atom. The molecular weight excluding hydrogens is 434 g/mol. The normalized spacial score (nSPS) is 21.8. The second-order valence-corrected chi connectivity index (χ2v) is 9.21. The number of nitrogens with zero attached hydrogens (tertiary/aromatic N) is 1. The summed E-state index contributed by atoms with van der Waals surface area (Å²) < 4.78 is 10.8. The fraction of sp³-hybridized carbons (Fsp3) is 0.423. The summed E-state index contributed by atoms with van der Waals surface area (Å²) in [5.74, 6) is -0.0475. The van der Waals surface area contributed by atoms with Crippen molar-refractivity contribution in [1.82, 2.24) is 15.5 Å². The fourth-order valence-electron chi connectivity index (χ4n) is 4.66. The molecule has 1 unspecified atom stereocenters. The number of nitrogens with one attached hydrogen (secondary N) is 2. The largest absolute Gasteiger partial charge is 0.497 e. The second kappa shape index (κ2) is 9.46. The van der Waals surface area contributed by atoms with Gasteiger partial charge in [-0.25, -0.2) is 4.79 Å². The highest BCUT2D eigenvalue weighted by Crippen LogP contribution is 2.35. The molecule has 180 valence electrons. The lowest BCUT2D eigenvalue weighted by molar-refractivity contribution is -0.134. The van der Waals surface area contributed by atoms with Crippen molar-refractivity contribution in [3.8, 4) is 5.75 Å². The third-order valence-electron chi connectivity index (χ3n) is 6.98. The van der Waals surface area contributed by atoms with E-state index in [4.69, 9.17) is 9.47 Å². The van der Waals surface area contributed by atoms with Crippen molar-refractivity contribution in [2.75, 3.05) is 33.4 Å². The molecule has 2 aliphatic rings. The fourth-order valence-corrected chi connectivity index (χ4v) is 4.66. The van der Waals surface area contributed by atoms with E-state index in [9.17, 15) is 14.4 Å². The first kappa shape index (κ1) is 23.8. The zero-order valence-corrected chi connectivity index (χ0v) is 19.8. The number of urea groups is 1. The molecule has 34 heavy (non-hydrogen) atoms. The van der Waals surface area contributed by atoms with Gasteiger partial charge in [0.2, 0.25) is 5.91 Å². The first-order valence-electron chi connectivity index (χ1n) is 11.5. The van der Waals surface area contributed by atoms with Gasteiger partial charge in [0.1, 0.15) is 17.8 Å². The highest BCUT2D eigenvalue weighted by molar-refractivity contribution is 6.09. The SMILES string of the molecule is COc1ccc(C2(CNC(=O)CN3C(=O)NC(C)(c4ccc(C)cc4)C3=O)CCOCC2)cc1. The molecule has 4 rings (SSSR count). The molecule has 0 saturated carbocycles. The van der Waals surface area contributed by atoms with Gasteiger partial charge >= 0.3 is 6.03 Å². The minimum Gasteiger partial charge on any atom is -0.497 e. The molecule has 2 aromatic carbocycles. The van der Waals surface area contributed by atoms with Crippen LogP contribution in [0.5, 0.6) is 5.75 Å². The first-order valence-corrected chi connectivity index (χ1v) is 11.5. The van der Waals surface area contributed by atoms with Gasteiger partial charge in [0.05, 0.1) is 7.11 Å². The zero-order chi connectivity index (χ0) is 24.3. The topological polar surface area (TPSA) is 97.0 Å². The van der Waals surface area contributed by atoms with Gasteiger partial charge in [0.15, 0.2) is 0 Å². The molecule has 2 N–H and O–H groups in total. The lowest BCUT2D eigenvalue weighted by atomic mass is 9.74. The summed E-state index contributed by atoms with van der Waals surface area (Å²) in [6, 6.07) is 14.7. The van der Waals surface area contributed by atoms with Crippen LogP contribution in [-0.2, 0) is 25.3 Å². The number of hydrogen-bond acceptors (Lipinski definition) is 5. The Balaban J connectivity index is 1.44. The van der Waals surface area contributed by atoms with Gasteiger partial charge in [-0.1, -0.05) is 42.0 Å². The number of imide groups is 1. The molecule has 4 amide bonds. The Morgan fingerprint density at radius 2 is 1.68 bits per heavy atom. The summed E-state index contributed by atoms with van der Waals surface area (Å²) in [6.07, 6.45) is 1.52. The van der Waals surface area contributed by atoms with E-state index < -0.39 is 17.5 Å². The van der Waals surface area contributed by atoms with E-state index in [1.54, 1.807) is 14.0 Å². The van der Waals surface area contributed by atoms with E-state index in [0.717, 1.165) is 34.6 Å². The van der Waals surface area contributed by atoms with Gasteiger partial charge in [-0.2, -0.15) is 0 Å². The van der Waals surface area contributed by atoms with E-state index in [0.29, 0.717) is 25.3 Å². The van der Waals surface area contributed by atoms with Crippen LogP contribution in [0.2, 0.25) is 0 Å². The number of benzene rings is 2. The lowest BCUT2D eigenvalue weighted by Crippen LogP contribution is -2.48. The van der Waals surface area contributed by atoms with Gasteiger partial charge in [-0.05, 0) is 49.9 Å². The van der Waals surface area contributed by atoms with E-state index in [-0.39, 0.29) is 17.9 Å². The molecule has 8 nitrogen and oxygen atoms in total. The molecule has 0 aliphatic carbocycles. The number of amides is 4. The lowest BCUT2D eigenvalue weighted by Gasteiger charge is -2.38. The number of ether oxygens (including phenoxy) is 2. The Bertz CT molecular complexity index is 1060. The average molecular weight is 466 g/mol. The van der Waals surface area contributed by atoms with E-state index >= 15 is 0 Å². The molecule has 0 spiro atoms. The van der Waals surface area contributed by atoms with Gasteiger partial charge in [-0.15, -0.1) is 0 Å².